The third-order valence-electron chi connectivity index (χ3n) is 3.28. The number of hydrogen-bond donors (Lipinski definition) is 3. The summed E-state index contributed by atoms with van der Waals surface area (Å²) in [6.45, 7) is 2.17. The SMILES string of the molecule is CCOc1cc(/C=N\NC(=O)C(=O)Nc2ccc(OC)cc2)cc(Br)c1O. The molecule has 9 heteroatoms. The molecule has 0 heterocycles. The molecule has 8 nitrogen and oxygen atoms in total. The number of phenols is 1. The van der Waals surface area contributed by atoms with E-state index >= 15 is 0 Å². The van der Waals surface area contributed by atoms with Gasteiger partial charge in [0.1, 0.15) is 5.75 Å². The van der Waals surface area contributed by atoms with Gasteiger partial charge in [-0.1, -0.05) is 0 Å². The van der Waals surface area contributed by atoms with Crippen LogP contribution >= 0.6 is 15.9 Å². The normalized spacial score (nSPS) is 10.5. The summed E-state index contributed by atoms with van der Waals surface area (Å²) in [5.74, 6) is -0.911. The number of nitrogens with zero attached hydrogens (tertiary/aromatic N) is 1. The van der Waals surface area contributed by atoms with Crippen LogP contribution in [0.25, 0.3) is 0 Å². The fourth-order valence-corrected chi connectivity index (χ4v) is 2.47. The van der Waals surface area contributed by atoms with E-state index in [-0.39, 0.29) is 11.5 Å². The van der Waals surface area contributed by atoms with Crippen molar-refractivity contribution in [3.05, 3.63) is 46.4 Å². The average molecular weight is 436 g/mol. The van der Waals surface area contributed by atoms with E-state index in [1.165, 1.54) is 13.3 Å². The van der Waals surface area contributed by atoms with E-state index in [1.54, 1.807) is 43.3 Å². The van der Waals surface area contributed by atoms with E-state index in [9.17, 15) is 14.7 Å². The summed E-state index contributed by atoms with van der Waals surface area (Å²) in [6, 6.07) is 9.67. The van der Waals surface area contributed by atoms with Crippen LogP contribution in [0.1, 0.15) is 12.5 Å². The van der Waals surface area contributed by atoms with Gasteiger partial charge < -0.3 is 19.9 Å². The van der Waals surface area contributed by atoms with Gasteiger partial charge in [-0.3, -0.25) is 9.59 Å². The number of methoxy groups -OCH3 is 1. The first kappa shape index (κ1) is 20.2. The van der Waals surface area contributed by atoms with Crippen LogP contribution in [0.3, 0.4) is 0 Å². The molecule has 2 rings (SSSR count). The number of carbonyl (C=O) groups excluding carboxylic acids is 2. The van der Waals surface area contributed by atoms with Gasteiger partial charge in [-0.25, -0.2) is 5.43 Å². The summed E-state index contributed by atoms with van der Waals surface area (Å²) >= 11 is 3.21. The quantitative estimate of drug-likeness (QED) is 0.367. The Kier molecular flexibility index (Phi) is 7.18. The highest BCUT2D eigenvalue weighted by Crippen LogP contribution is 2.35. The molecule has 2 amide bonds. The Labute approximate surface area is 164 Å². The van der Waals surface area contributed by atoms with Gasteiger partial charge in [-0.15, -0.1) is 0 Å². The van der Waals surface area contributed by atoms with E-state index in [1.807, 2.05) is 0 Å². The number of hydrazone groups is 1. The molecule has 0 aromatic heterocycles. The number of rotatable bonds is 6. The molecule has 0 bridgehead atoms. The number of anilines is 1. The predicted molar refractivity (Wildman–Crippen MR) is 104 cm³/mol. The summed E-state index contributed by atoms with van der Waals surface area (Å²) < 4.78 is 10.7. The molecule has 0 radical (unpaired) electrons. The summed E-state index contributed by atoms with van der Waals surface area (Å²) in [7, 11) is 1.53. The monoisotopic (exact) mass is 435 g/mol. The number of aromatic hydroxyl groups is 1. The molecule has 0 fully saturated rings. The second-order valence-corrected chi connectivity index (χ2v) is 6.02. The van der Waals surface area contributed by atoms with Gasteiger partial charge in [0.2, 0.25) is 0 Å². The van der Waals surface area contributed by atoms with Gasteiger partial charge in [-0.05, 0) is 64.8 Å². The van der Waals surface area contributed by atoms with Gasteiger partial charge in [0.15, 0.2) is 11.5 Å². The van der Waals surface area contributed by atoms with E-state index < -0.39 is 11.8 Å². The van der Waals surface area contributed by atoms with E-state index in [0.717, 1.165) is 0 Å². The second-order valence-electron chi connectivity index (χ2n) is 5.16. The fourth-order valence-electron chi connectivity index (χ4n) is 2.01. The number of phenolic OH excluding ortho intramolecular Hbond substituents is 1. The van der Waals surface area contributed by atoms with Crippen molar-refractivity contribution in [1.29, 1.82) is 0 Å². The van der Waals surface area contributed by atoms with Crippen LogP contribution in [-0.2, 0) is 9.59 Å². The van der Waals surface area contributed by atoms with Gasteiger partial charge in [-0.2, -0.15) is 5.10 Å². The van der Waals surface area contributed by atoms with Gasteiger partial charge in [0.05, 0.1) is 24.4 Å². The van der Waals surface area contributed by atoms with Crippen LogP contribution in [0.5, 0.6) is 17.2 Å². The lowest BCUT2D eigenvalue weighted by atomic mass is 10.2. The van der Waals surface area contributed by atoms with Crippen molar-refractivity contribution in [3.8, 4) is 17.2 Å². The van der Waals surface area contributed by atoms with Crippen molar-refractivity contribution in [3.63, 3.8) is 0 Å². The number of ether oxygens (including phenoxy) is 2. The van der Waals surface area contributed by atoms with Crippen molar-refractivity contribution in [1.82, 2.24) is 5.43 Å². The van der Waals surface area contributed by atoms with Crippen LogP contribution < -0.4 is 20.2 Å². The molecule has 2 aromatic carbocycles. The molecular formula is C18H18BrN3O5. The summed E-state index contributed by atoms with van der Waals surface area (Å²) in [5.41, 5.74) is 3.14. The molecular weight excluding hydrogens is 418 g/mol. The Hall–Kier alpha value is -3.07. The lowest BCUT2D eigenvalue weighted by molar-refractivity contribution is -0.136. The molecule has 0 aliphatic rings. The Balaban J connectivity index is 1.96. The maximum atomic E-state index is 11.9. The summed E-state index contributed by atoms with van der Waals surface area (Å²) in [6.07, 6.45) is 1.32. The number of carbonyl (C=O) groups is 2. The van der Waals surface area contributed by atoms with Crippen LogP contribution in [0.4, 0.5) is 5.69 Å². The van der Waals surface area contributed by atoms with E-state index in [0.29, 0.717) is 28.1 Å². The molecule has 0 unspecified atom stereocenters. The van der Waals surface area contributed by atoms with Crippen molar-refractivity contribution in [2.75, 3.05) is 19.0 Å². The third-order valence-corrected chi connectivity index (χ3v) is 3.89. The highest BCUT2D eigenvalue weighted by Gasteiger charge is 2.13. The maximum absolute atomic E-state index is 11.9. The fraction of sp³-hybridized carbons (Fsp3) is 0.167. The van der Waals surface area contributed by atoms with Crippen molar-refractivity contribution in [2.24, 2.45) is 5.10 Å². The number of benzene rings is 2. The molecule has 27 heavy (non-hydrogen) atoms. The average Bonchev–Trinajstić information content (AvgIpc) is 2.66. The summed E-state index contributed by atoms with van der Waals surface area (Å²) in [4.78, 5) is 23.7. The molecule has 0 aliphatic heterocycles. The molecule has 2 aromatic rings. The zero-order valence-corrected chi connectivity index (χ0v) is 16.2. The van der Waals surface area contributed by atoms with Gasteiger partial charge in [0, 0.05) is 5.69 Å². The minimum atomic E-state index is -0.926. The highest BCUT2D eigenvalue weighted by atomic mass is 79.9. The zero-order chi connectivity index (χ0) is 19.8. The largest absolute Gasteiger partial charge is 0.503 e. The van der Waals surface area contributed by atoms with Crippen LogP contribution in [0.15, 0.2) is 46.0 Å². The second kappa shape index (κ2) is 9.58. The van der Waals surface area contributed by atoms with Gasteiger partial charge in [0.25, 0.3) is 0 Å². The Morgan fingerprint density at radius 2 is 1.93 bits per heavy atom. The molecule has 0 atom stereocenters. The van der Waals surface area contributed by atoms with Crippen LogP contribution in [-0.4, -0.2) is 36.9 Å². The lowest BCUT2D eigenvalue weighted by Gasteiger charge is -2.08. The first-order valence-electron chi connectivity index (χ1n) is 7.88. The number of halogens is 1. The Bertz CT molecular complexity index is 853. The van der Waals surface area contributed by atoms with E-state index in [4.69, 9.17) is 9.47 Å². The number of amides is 2. The molecule has 0 saturated heterocycles. The van der Waals surface area contributed by atoms with Crippen LogP contribution in [0.2, 0.25) is 0 Å². The smallest absolute Gasteiger partial charge is 0.329 e. The van der Waals surface area contributed by atoms with E-state index in [2.05, 4.69) is 31.8 Å². The molecule has 0 spiro atoms. The minimum absolute atomic E-state index is 0.0306. The van der Waals surface area contributed by atoms with Crippen molar-refractivity contribution >= 4 is 39.6 Å². The zero-order valence-electron chi connectivity index (χ0n) is 14.7. The first-order valence-corrected chi connectivity index (χ1v) is 8.67. The number of hydrogen-bond acceptors (Lipinski definition) is 6. The molecule has 3 N–H and O–H groups in total. The van der Waals surface area contributed by atoms with Crippen LogP contribution in [0, 0.1) is 0 Å². The van der Waals surface area contributed by atoms with Crippen molar-refractivity contribution < 1.29 is 24.2 Å². The topological polar surface area (TPSA) is 109 Å². The third kappa shape index (κ3) is 5.71. The predicted octanol–water partition coefficient (Wildman–Crippen LogP) is 2.65. The molecule has 142 valence electrons. The first-order chi connectivity index (χ1) is 12.9. The van der Waals surface area contributed by atoms with Crippen molar-refractivity contribution in [2.45, 2.75) is 6.92 Å². The number of nitrogens with one attached hydrogen (secondary N) is 2. The maximum Gasteiger partial charge on any atom is 0.329 e. The summed E-state index contributed by atoms with van der Waals surface area (Å²) in [5, 5.41) is 16.0. The molecule has 0 saturated carbocycles. The standard InChI is InChI=1S/C18H18BrN3O5/c1-3-27-15-9-11(8-14(19)16(15)23)10-20-22-18(25)17(24)21-12-4-6-13(26-2)7-5-12/h4-10,23H,3H2,1-2H3,(H,21,24)(H,22,25)/b20-10-. The Morgan fingerprint density at radius 3 is 2.56 bits per heavy atom. The molecule has 0 aliphatic carbocycles. The lowest BCUT2D eigenvalue weighted by Crippen LogP contribution is -2.32. The highest BCUT2D eigenvalue weighted by molar-refractivity contribution is 9.10. The Morgan fingerprint density at radius 1 is 1.22 bits per heavy atom. The minimum Gasteiger partial charge on any atom is -0.503 e. The van der Waals surface area contributed by atoms with Gasteiger partial charge >= 0.3 is 11.8 Å².